The average molecular weight is 297 g/mol. The molecule has 0 amide bonds. The number of rotatable bonds is 10. The van der Waals surface area contributed by atoms with Gasteiger partial charge in [0.25, 0.3) is 0 Å². The van der Waals surface area contributed by atoms with E-state index in [4.69, 9.17) is 24.7 Å². The maximum absolute atomic E-state index is 5.85. The summed E-state index contributed by atoms with van der Waals surface area (Å²) >= 11 is 0. The quantitative estimate of drug-likeness (QED) is 0.672. The Labute approximate surface area is 127 Å². The first kappa shape index (κ1) is 17.6. The molecule has 1 rings (SSSR count). The predicted octanol–water partition coefficient (Wildman–Crippen LogP) is 2.40. The fourth-order valence-electron chi connectivity index (χ4n) is 2.05. The van der Waals surface area contributed by atoms with E-state index in [1.807, 2.05) is 26.0 Å². The van der Waals surface area contributed by atoms with Crippen molar-refractivity contribution in [3.05, 3.63) is 17.7 Å². The lowest BCUT2D eigenvalue weighted by molar-refractivity contribution is 0.129. The minimum atomic E-state index is 0.0809. The third-order valence-corrected chi connectivity index (χ3v) is 2.96. The molecule has 5 heteroatoms. The smallest absolute Gasteiger partial charge is 0.203 e. The Morgan fingerprint density at radius 3 is 2.19 bits per heavy atom. The van der Waals surface area contributed by atoms with Crippen LogP contribution >= 0.6 is 0 Å². The van der Waals surface area contributed by atoms with E-state index in [1.54, 1.807) is 14.2 Å². The van der Waals surface area contributed by atoms with E-state index in [1.165, 1.54) is 0 Å². The molecule has 1 aromatic rings. The highest BCUT2D eigenvalue weighted by molar-refractivity contribution is 5.54. The Bertz CT molecular complexity index is 396. The summed E-state index contributed by atoms with van der Waals surface area (Å²) < 4.78 is 21.9. The molecule has 0 fully saturated rings. The van der Waals surface area contributed by atoms with Gasteiger partial charge in [0.15, 0.2) is 11.5 Å². The number of ether oxygens (including phenoxy) is 4. The molecule has 2 N–H and O–H groups in total. The van der Waals surface area contributed by atoms with Crippen molar-refractivity contribution in [1.29, 1.82) is 0 Å². The molecule has 0 aromatic heterocycles. The molecule has 5 nitrogen and oxygen atoms in total. The van der Waals surface area contributed by atoms with Crippen LogP contribution < -0.4 is 19.9 Å². The van der Waals surface area contributed by atoms with Gasteiger partial charge < -0.3 is 24.7 Å². The zero-order valence-corrected chi connectivity index (χ0v) is 13.5. The normalized spacial score (nSPS) is 12.0. The van der Waals surface area contributed by atoms with Crippen LogP contribution in [0.2, 0.25) is 0 Å². The minimum Gasteiger partial charge on any atom is -0.493 e. The number of hydrogen-bond donors (Lipinski definition) is 1. The summed E-state index contributed by atoms with van der Waals surface area (Å²) in [5.74, 6) is 1.97. The van der Waals surface area contributed by atoms with Gasteiger partial charge >= 0.3 is 0 Å². The second-order valence-electron chi connectivity index (χ2n) is 4.91. The van der Waals surface area contributed by atoms with Gasteiger partial charge in [-0.05, 0) is 38.0 Å². The summed E-state index contributed by atoms with van der Waals surface area (Å²) in [6.07, 6.45) is 1.58. The summed E-state index contributed by atoms with van der Waals surface area (Å²) in [4.78, 5) is 0. The number of nitrogens with two attached hydrogens (primary N) is 1. The Balaban J connectivity index is 2.80. The second kappa shape index (κ2) is 9.47. The third kappa shape index (κ3) is 5.81. The van der Waals surface area contributed by atoms with Crippen LogP contribution in [-0.4, -0.2) is 40.1 Å². The molecule has 0 aliphatic heterocycles. The standard InChI is InChI=1S/C16H27NO4/c1-5-20-7-6-8-21-16-14(18-3)10-13(9-12(2)17)11-15(16)19-4/h10-12H,5-9,17H2,1-4H3. The molecule has 0 saturated carbocycles. The molecule has 0 spiro atoms. The molecule has 0 radical (unpaired) electrons. The molecular formula is C16H27NO4. The monoisotopic (exact) mass is 297 g/mol. The van der Waals surface area contributed by atoms with E-state index in [-0.39, 0.29) is 6.04 Å². The number of hydrogen-bond acceptors (Lipinski definition) is 5. The lowest BCUT2D eigenvalue weighted by Crippen LogP contribution is -2.17. The molecule has 0 heterocycles. The van der Waals surface area contributed by atoms with Crippen LogP contribution in [0.4, 0.5) is 0 Å². The van der Waals surface area contributed by atoms with E-state index in [0.29, 0.717) is 30.5 Å². The lowest BCUT2D eigenvalue weighted by Gasteiger charge is -2.17. The van der Waals surface area contributed by atoms with Crippen molar-refractivity contribution >= 4 is 0 Å². The van der Waals surface area contributed by atoms with Crippen molar-refractivity contribution < 1.29 is 18.9 Å². The van der Waals surface area contributed by atoms with E-state index in [9.17, 15) is 0 Å². The fourth-order valence-corrected chi connectivity index (χ4v) is 2.05. The van der Waals surface area contributed by atoms with Gasteiger partial charge in [0, 0.05) is 25.7 Å². The van der Waals surface area contributed by atoms with Gasteiger partial charge in [-0.2, -0.15) is 0 Å². The molecule has 1 unspecified atom stereocenters. The van der Waals surface area contributed by atoms with Crippen molar-refractivity contribution in [1.82, 2.24) is 0 Å². The van der Waals surface area contributed by atoms with Gasteiger partial charge in [-0.1, -0.05) is 0 Å². The van der Waals surface area contributed by atoms with Crippen molar-refractivity contribution in [2.75, 3.05) is 34.0 Å². The molecule has 0 saturated heterocycles. The van der Waals surface area contributed by atoms with Crippen LogP contribution in [0.3, 0.4) is 0 Å². The highest BCUT2D eigenvalue weighted by atomic mass is 16.5. The maximum atomic E-state index is 5.85. The molecule has 0 aliphatic carbocycles. The van der Waals surface area contributed by atoms with Crippen LogP contribution in [-0.2, 0) is 11.2 Å². The summed E-state index contributed by atoms with van der Waals surface area (Å²) in [7, 11) is 3.25. The van der Waals surface area contributed by atoms with E-state index < -0.39 is 0 Å². The predicted molar refractivity (Wildman–Crippen MR) is 83.5 cm³/mol. The summed E-state index contributed by atoms with van der Waals surface area (Å²) in [6.45, 7) is 5.91. The second-order valence-corrected chi connectivity index (χ2v) is 4.91. The van der Waals surface area contributed by atoms with Gasteiger partial charge in [-0.3, -0.25) is 0 Å². The number of methoxy groups -OCH3 is 2. The summed E-state index contributed by atoms with van der Waals surface area (Å²) in [5.41, 5.74) is 6.92. The SMILES string of the molecule is CCOCCCOc1c(OC)cc(CC(C)N)cc1OC. The largest absolute Gasteiger partial charge is 0.493 e. The van der Waals surface area contributed by atoms with Gasteiger partial charge in [0.05, 0.1) is 20.8 Å². The first-order valence-corrected chi connectivity index (χ1v) is 7.33. The zero-order chi connectivity index (χ0) is 15.7. The van der Waals surface area contributed by atoms with Crippen LogP contribution in [0.25, 0.3) is 0 Å². The summed E-state index contributed by atoms with van der Waals surface area (Å²) in [5, 5.41) is 0. The van der Waals surface area contributed by atoms with E-state index in [2.05, 4.69) is 0 Å². The fraction of sp³-hybridized carbons (Fsp3) is 0.625. The Hall–Kier alpha value is -1.46. The van der Waals surface area contributed by atoms with Crippen molar-refractivity contribution in [2.24, 2.45) is 5.73 Å². The molecule has 0 bridgehead atoms. The van der Waals surface area contributed by atoms with E-state index >= 15 is 0 Å². The van der Waals surface area contributed by atoms with Crippen molar-refractivity contribution in [3.63, 3.8) is 0 Å². The van der Waals surface area contributed by atoms with Crippen molar-refractivity contribution in [2.45, 2.75) is 32.7 Å². The first-order chi connectivity index (χ1) is 10.1. The van der Waals surface area contributed by atoms with Crippen LogP contribution in [0.5, 0.6) is 17.2 Å². The molecule has 120 valence electrons. The molecule has 0 aliphatic rings. The van der Waals surface area contributed by atoms with Gasteiger partial charge in [-0.15, -0.1) is 0 Å². The van der Waals surface area contributed by atoms with Crippen LogP contribution in [0.15, 0.2) is 12.1 Å². The van der Waals surface area contributed by atoms with Gasteiger partial charge in [-0.25, -0.2) is 0 Å². The first-order valence-electron chi connectivity index (χ1n) is 7.33. The highest BCUT2D eigenvalue weighted by Gasteiger charge is 2.14. The number of benzene rings is 1. The minimum absolute atomic E-state index is 0.0809. The highest BCUT2D eigenvalue weighted by Crippen LogP contribution is 2.38. The van der Waals surface area contributed by atoms with Crippen LogP contribution in [0, 0.1) is 0 Å². The molecular weight excluding hydrogens is 270 g/mol. The molecule has 21 heavy (non-hydrogen) atoms. The molecule has 1 atom stereocenters. The topological polar surface area (TPSA) is 62.9 Å². The van der Waals surface area contributed by atoms with Crippen LogP contribution in [0.1, 0.15) is 25.8 Å². The van der Waals surface area contributed by atoms with Crippen molar-refractivity contribution in [3.8, 4) is 17.2 Å². The lowest BCUT2D eigenvalue weighted by atomic mass is 10.1. The summed E-state index contributed by atoms with van der Waals surface area (Å²) in [6, 6.07) is 3.98. The van der Waals surface area contributed by atoms with E-state index in [0.717, 1.165) is 25.0 Å². The maximum Gasteiger partial charge on any atom is 0.203 e. The Kier molecular flexibility index (Phi) is 7.93. The van der Waals surface area contributed by atoms with Gasteiger partial charge in [0.2, 0.25) is 5.75 Å². The van der Waals surface area contributed by atoms with Gasteiger partial charge in [0.1, 0.15) is 0 Å². The third-order valence-electron chi connectivity index (χ3n) is 2.96. The molecule has 1 aromatic carbocycles. The average Bonchev–Trinajstić information content (AvgIpc) is 2.46. The Morgan fingerprint density at radius 2 is 1.71 bits per heavy atom. The zero-order valence-electron chi connectivity index (χ0n) is 13.5. The Morgan fingerprint density at radius 1 is 1.10 bits per heavy atom.